The molecular formula is C22H28ClN3O4S. The molecule has 0 saturated carbocycles. The van der Waals surface area contributed by atoms with E-state index in [9.17, 15) is 9.59 Å². The van der Waals surface area contributed by atoms with Gasteiger partial charge in [0.2, 0.25) is 5.91 Å². The lowest BCUT2D eigenvalue weighted by Gasteiger charge is -2.30. The van der Waals surface area contributed by atoms with Gasteiger partial charge in [-0.3, -0.25) is 4.79 Å². The third-order valence-electron chi connectivity index (χ3n) is 4.86. The average Bonchev–Trinajstić information content (AvgIpc) is 3.13. The quantitative estimate of drug-likeness (QED) is 0.674. The van der Waals surface area contributed by atoms with Crippen molar-refractivity contribution in [3.05, 3.63) is 40.5 Å². The summed E-state index contributed by atoms with van der Waals surface area (Å²) in [4.78, 5) is 27.2. The highest BCUT2D eigenvalue weighted by Gasteiger charge is 2.32. The Labute approximate surface area is 191 Å². The smallest absolute Gasteiger partial charge is 0.408 e. The van der Waals surface area contributed by atoms with Gasteiger partial charge < -0.3 is 19.5 Å². The molecule has 1 aromatic carbocycles. The number of hydrogen-bond acceptors (Lipinski definition) is 6. The van der Waals surface area contributed by atoms with E-state index in [-0.39, 0.29) is 5.91 Å². The first-order chi connectivity index (χ1) is 14.7. The van der Waals surface area contributed by atoms with Gasteiger partial charge >= 0.3 is 6.09 Å². The molecule has 1 aliphatic rings. The molecule has 2 heterocycles. The molecule has 0 fully saturated rings. The van der Waals surface area contributed by atoms with E-state index in [0.29, 0.717) is 36.7 Å². The Morgan fingerprint density at radius 2 is 2.03 bits per heavy atom. The lowest BCUT2D eigenvalue weighted by Crippen LogP contribution is -2.51. The summed E-state index contributed by atoms with van der Waals surface area (Å²) in [6.45, 7) is 6.25. The number of ether oxygens (including phenoxy) is 1. The summed E-state index contributed by atoms with van der Waals surface area (Å²) < 4.78 is 10.9. The Kier molecular flexibility index (Phi) is 7.54. The Morgan fingerprint density at radius 1 is 1.32 bits per heavy atom. The van der Waals surface area contributed by atoms with Gasteiger partial charge in [0.15, 0.2) is 5.76 Å². The van der Waals surface area contributed by atoms with Gasteiger partial charge in [-0.05, 0) is 69.9 Å². The van der Waals surface area contributed by atoms with Crippen molar-refractivity contribution in [1.29, 1.82) is 0 Å². The standard InChI is InChI=1S/C22H28ClN3O4S/c1-22(2,3)29-21(28)24-17(10-12-31-4)20(27)26-11-9-16-18(13-26)25-30-19(16)14-5-7-15(23)8-6-14/h5-8,17H,9-13H2,1-4H3,(H,24,28). The SMILES string of the molecule is CSCCC(NC(=O)OC(C)(C)C)C(=O)N1CCc2c(noc2-c2ccc(Cl)cc2)C1. The van der Waals surface area contributed by atoms with E-state index in [2.05, 4.69) is 10.5 Å². The van der Waals surface area contributed by atoms with Gasteiger partial charge in [-0.25, -0.2) is 4.79 Å². The monoisotopic (exact) mass is 465 g/mol. The summed E-state index contributed by atoms with van der Waals surface area (Å²) in [5, 5.41) is 7.60. The molecule has 31 heavy (non-hydrogen) atoms. The van der Waals surface area contributed by atoms with E-state index in [1.807, 2.05) is 30.5 Å². The Morgan fingerprint density at radius 3 is 2.68 bits per heavy atom. The van der Waals surface area contributed by atoms with Gasteiger partial charge in [-0.2, -0.15) is 11.8 Å². The topological polar surface area (TPSA) is 84.7 Å². The van der Waals surface area contributed by atoms with Gasteiger partial charge in [-0.15, -0.1) is 0 Å². The second kappa shape index (κ2) is 9.96. The minimum atomic E-state index is -0.647. The lowest BCUT2D eigenvalue weighted by molar-refractivity contribution is -0.134. The highest BCUT2D eigenvalue weighted by molar-refractivity contribution is 7.98. The molecule has 2 aromatic rings. The average molecular weight is 466 g/mol. The Balaban J connectivity index is 1.71. The van der Waals surface area contributed by atoms with E-state index >= 15 is 0 Å². The van der Waals surface area contributed by atoms with Crippen LogP contribution in [0.4, 0.5) is 4.79 Å². The molecule has 168 valence electrons. The molecule has 1 aliphatic heterocycles. The maximum atomic E-state index is 13.2. The molecule has 7 nitrogen and oxygen atoms in total. The third-order valence-corrected chi connectivity index (χ3v) is 5.76. The van der Waals surface area contributed by atoms with Crippen LogP contribution in [0.1, 0.15) is 38.4 Å². The molecule has 1 aromatic heterocycles. The molecule has 2 amide bonds. The molecule has 1 unspecified atom stereocenters. The minimum Gasteiger partial charge on any atom is -0.444 e. The molecule has 1 atom stereocenters. The van der Waals surface area contributed by atoms with Crippen LogP contribution in [0.3, 0.4) is 0 Å². The number of fused-ring (bicyclic) bond motifs is 1. The van der Waals surface area contributed by atoms with Crippen molar-refractivity contribution in [3.8, 4) is 11.3 Å². The summed E-state index contributed by atoms with van der Waals surface area (Å²) >= 11 is 7.60. The lowest BCUT2D eigenvalue weighted by atomic mass is 10.00. The van der Waals surface area contributed by atoms with Crippen molar-refractivity contribution in [1.82, 2.24) is 15.4 Å². The number of carbonyl (C=O) groups is 2. The zero-order valence-corrected chi connectivity index (χ0v) is 19.8. The largest absolute Gasteiger partial charge is 0.444 e. The van der Waals surface area contributed by atoms with Crippen LogP contribution in [0.2, 0.25) is 5.02 Å². The number of halogens is 1. The van der Waals surface area contributed by atoms with Crippen molar-refractivity contribution >= 4 is 35.4 Å². The number of benzene rings is 1. The molecule has 9 heteroatoms. The fraction of sp³-hybridized carbons (Fsp3) is 0.500. The fourth-order valence-electron chi connectivity index (χ4n) is 3.41. The van der Waals surface area contributed by atoms with Crippen LogP contribution in [0.5, 0.6) is 0 Å². The molecule has 0 spiro atoms. The zero-order valence-electron chi connectivity index (χ0n) is 18.2. The molecule has 0 radical (unpaired) electrons. The highest BCUT2D eigenvalue weighted by Crippen LogP contribution is 2.31. The maximum Gasteiger partial charge on any atom is 0.408 e. The molecular weight excluding hydrogens is 438 g/mol. The van der Waals surface area contributed by atoms with Crippen LogP contribution in [0, 0.1) is 0 Å². The number of hydrogen-bond donors (Lipinski definition) is 1. The Hall–Kier alpha value is -2.19. The molecule has 0 bridgehead atoms. The van der Waals surface area contributed by atoms with Gasteiger partial charge in [0.05, 0.1) is 6.54 Å². The van der Waals surface area contributed by atoms with Crippen molar-refractivity contribution in [2.24, 2.45) is 0 Å². The fourth-order valence-corrected chi connectivity index (χ4v) is 4.01. The number of rotatable bonds is 6. The van der Waals surface area contributed by atoms with Crippen LogP contribution in [0.25, 0.3) is 11.3 Å². The summed E-state index contributed by atoms with van der Waals surface area (Å²) in [5.41, 5.74) is 2.02. The molecule has 1 N–H and O–H groups in total. The van der Waals surface area contributed by atoms with Crippen molar-refractivity contribution in [2.45, 2.75) is 51.8 Å². The number of carbonyl (C=O) groups excluding carboxylic acids is 2. The predicted octanol–water partition coefficient (Wildman–Crippen LogP) is 4.53. The van der Waals surface area contributed by atoms with Crippen LogP contribution in [-0.2, 0) is 22.5 Å². The minimum absolute atomic E-state index is 0.137. The summed E-state index contributed by atoms with van der Waals surface area (Å²) in [6, 6.07) is 6.76. The first-order valence-electron chi connectivity index (χ1n) is 10.2. The van der Waals surface area contributed by atoms with Gasteiger partial charge in [0.25, 0.3) is 0 Å². The maximum absolute atomic E-state index is 13.2. The second-order valence-electron chi connectivity index (χ2n) is 8.43. The third kappa shape index (κ3) is 6.17. The van der Waals surface area contributed by atoms with Gasteiger partial charge in [0, 0.05) is 22.7 Å². The van der Waals surface area contributed by atoms with Crippen LogP contribution >= 0.6 is 23.4 Å². The molecule has 3 rings (SSSR count). The number of alkyl carbamates (subject to hydrolysis) is 1. The van der Waals surface area contributed by atoms with Gasteiger partial charge in [-0.1, -0.05) is 16.8 Å². The number of nitrogens with zero attached hydrogens (tertiary/aromatic N) is 2. The van der Waals surface area contributed by atoms with E-state index in [4.69, 9.17) is 20.9 Å². The number of thioether (sulfide) groups is 1. The van der Waals surface area contributed by atoms with Crippen molar-refractivity contribution in [3.63, 3.8) is 0 Å². The summed E-state index contributed by atoms with van der Waals surface area (Å²) in [7, 11) is 0. The van der Waals surface area contributed by atoms with Gasteiger partial charge in [0.1, 0.15) is 17.3 Å². The summed E-state index contributed by atoms with van der Waals surface area (Å²) in [5.74, 6) is 1.32. The normalized spacial score (nSPS) is 14.7. The van der Waals surface area contributed by atoms with Crippen LogP contribution in [0.15, 0.2) is 28.8 Å². The van der Waals surface area contributed by atoms with E-state index in [1.54, 1.807) is 37.4 Å². The van der Waals surface area contributed by atoms with E-state index in [0.717, 1.165) is 22.6 Å². The first kappa shape index (κ1) is 23.5. The number of nitrogens with one attached hydrogen (secondary N) is 1. The van der Waals surface area contributed by atoms with Crippen molar-refractivity contribution in [2.75, 3.05) is 18.6 Å². The molecule has 0 saturated heterocycles. The Bertz CT molecular complexity index is 924. The zero-order chi connectivity index (χ0) is 22.6. The number of amides is 2. The summed E-state index contributed by atoms with van der Waals surface area (Å²) in [6.07, 6.45) is 2.54. The number of aromatic nitrogens is 1. The predicted molar refractivity (Wildman–Crippen MR) is 122 cm³/mol. The van der Waals surface area contributed by atoms with Crippen LogP contribution < -0.4 is 5.32 Å². The van der Waals surface area contributed by atoms with E-state index in [1.165, 1.54) is 0 Å². The van der Waals surface area contributed by atoms with Crippen LogP contribution in [-0.4, -0.2) is 52.3 Å². The van der Waals surface area contributed by atoms with Crippen molar-refractivity contribution < 1.29 is 18.8 Å². The highest BCUT2D eigenvalue weighted by atomic mass is 35.5. The first-order valence-corrected chi connectivity index (χ1v) is 12.0. The van der Waals surface area contributed by atoms with E-state index < -0.39 is 17.7 Å². The molecule has 0 aliphatic carbocycles. The second-order valence-corrected chi connectivity index (χ2v) is 9.86.